The third-order valence-electron chi connectivity index (χ3n) is 4.61. The normalized spacial score (nSPS) is 10.3. The fourth-order valence-electron chi connectivity index (χ4n) is 3.10. The van der Waals surface area contributed by atoms with E-state index in [2.05, 4.69) is 5.32 Å². The van der Waals surface area contributed by atoms with Gasteiger partial charge in [-0.2, -0.15) is 0 Å². The summed E-state index contributed by atoms with van der Waals surface area (Å²) in [6.45, 7) is 2.31. The van der Waals surface area contributed by atoms with Gasteiger partial charge in [-0.05, 0) is 48.4 Å². The lowest BCUT2D eigenvalue weighted by Gasteiger charge is -2.24. The van der Waals surface area contributed by atoms with Gasteiger partial charge < -0.3 is 15.0 Å². The second-order valence-corrected chi connectivity index (χ2v) is 6.87. The molecule has 1 N–H and O–H groups in total. The van der Waals surface area contributed by atoms with Crippen molar-refractivity contribution in [1.29, 1.82) is 0 Å². The van der Waals surface area contributed by atoms with E-state index in [9.17, 15) is 14.9 Å². The van der Waals surface area contributed by atoms with Gasteiger partial charge in [-0.25, -0.2) is 0 Å². The summed E-state index contributed by atoms with van der Waals surface area (Å²) in [4.78, 5) is 25.5. The average Bonchev–Trinajstić information content (AvgIpc) is 2.75. The molecule has 3 aromatic rings. The van der Waals surface area contributed by atoms with E-state index in [1.165, 1.54) is 6.07 Å². The lowest BCUT2D eigenvalue weighted by molar-refractivity contribution is -0.384. The number of rotatable bonds is 8. The van der Waals surface area contributed by atoms with E-state index in [0.29, 0.717) is 6.54 Å². The number of aryl methyl sites for hydroxylation is 1. The van der Waals surface area contributed by atoms with E-state index < -0.39 is 4.92 Å². The van der Waals surface area contributed by atoms with Gasteiger partial charge in [0, 0.05) is 18.3 Å². The van der Waals surface area contributed by atoms with Crippen LogP contribution in [-0.2, 0) is 11.3 Å². The smallest absolute Gasteiger partial charge is 0.293 e. The Kier molecular flexibility index (Phi) is 6.64. The molecule has 0 unspecified atom stereocenters. The number of benzene rings is 3. The zero-order valence-corrected chi connectivity index (χ0v) is 16.9. The van der Waals surface area contributed by atoms with Gasteiger partial charge in [-0.1, -0.05) is 36.4 Å². The molecule has 0 saturated carbocycles. The third-order valence-corrected chi connectivity index (χ3v) is 4.61. The molecule has 0 atom stereocenters. The molecular formula is C23H23N3O4. The summed E-state index contributed by atoms with van der Waals surface area (Å²) in [6.07, 6.45) is 0. The SMILES string of the molecule is COc1ccc(N(CC(=O)Nc2ccc(C)cc2[N+](=O)[O-])Cc2ccccc2)cc1. The Bertz CT molecular complexity index is 1020. The molecule has 0 heterocycles. The number of amides is 1. The fourth-order valence-corrected chi connectivity index (χ4v) is 3.10. The number of nitrogens with one attached hydrogen (secondary N) is 1. The van der Waals surface area contributed by atoms with Crippen molar-refractivity contribution in [1.82, 2.24) is 0 Å². The molecule has 0 spiro atoms. The van der Waals surface area contributed by atoms with Crippen molar-refractivity contribution in [2.45, 2.75) is 13.5 Å². The monoisotopic (exact) mass is 405 g/mol. The topological polar surface area (TPSA) is 84.7 Å². The standard InChI is InChI=1S/C23H23N3O4/c1-17-8-13-21(22(14-17)26(28)29)24-23(27)16-25(15-18-6-4-3-5-7-18)19-9-11-20(30-2)12-10-19/h3-14H,15-16H2,1-2H3,(H,24,27). The largest absolute Gasteiger partial charge is 0.497 e. The van der Waals surface area contributed by atoms with Crippen molar-refractivity contribution < 1.29 is 14.5 Å². The van der Waals surface area contributed by atoms with Gasteiger partial charge in [-0.3, -0.25) is 14.9 Å². The first-order valence-electron chi connectivity index (χ1n) is 9.44. The summed E-state index contributed by atoms with van der Waals surface area (Å²) >= 11 is 0. The Balaban J connectivity index is 1.81. The van der Waals surface area contributed by atoms with E-state index >= 15 is 0 Å². The lowest BCUT2D eigenvalue weighted by Crippen LogP contribution is -2.33. The first kappa shape index (κ1) is 20.9. The van der Waals surface area contributed by atoms with Gasteiger partial charge in [-0.15, -0.1) is 0 Å². The van der Waals surface area contributed by atoms with Crippen molar-refractivity contribution >= 4 is 23.0 Å². The minimum atomic E-state index is -0.492. The number of hydrogen-bond acceptors (Lipinski definition) is 5. The highest BCUT2D eigenvalue weighted by atomic mass is 16.6. The Hall–Kier alpha value is -3.87. The van der Waals surface area contributed by atoms with Crippen molar-refractivity contribution in [3.8, 4) is 5.75 Å². The number of nitro benzene ring substituents is 1. The van der Waals surface area contributed by atoms with Gasteiger partial charge in [0.2, 0.25) is 5.91 Å². The van der Waals surface area contributed by atoms with Crippen LogP contribution in [-0.4, -0.2) is 24.5 Å². The Morgan fingerprint density at radius 1 is 1.07 bits per heavy atom. The number of hydrogen-bond donors (Lipinski definition) is 1. The molecule has 0 bridgehead atoms. The van der Waals surface area contributed by atoms with Gasteiger partial charge in [0.1, 0.15) is 11.4 Å². The number of nitro groups is 1. The number of methoxy groups -OCH3 is 1. The molecule has 0 aromatic heterocycles. The van der Waals surface area contributed by atoms with Crippen LogP contribution in [0, 0.1) is 17.0 Å². The number of anilines is 2. The molecule has 7 heteroatoms. The third kappa shape index (κ3) is 5.35. The molecule has 0 aliphatic heterocycles. The second kappa shape index (κ2) is 9.56. The second-order valence-electron chi connectivity index (χ2n) is 6.87. The molecule has 0 radical (unpaired) electrons. The van der Waals surface area contributed by atoms with Crippen LogP contribution in [0.3, 0.4) is 0 Å². The zero-order chi connectivity index (χ0) is 21.5. The maximum Gasteiger partial charge on any atom is 0.293 e. The summed E-state index contributed by atoms with van der Waals surface area (Å²) in [7, 11) is 1.60. The summed E-state index contributed by atoms with van der Waals surface area (Å²) in [6, 6.07) is 21.9. The molecule has 0 saturated heterocycles. The minimum absolute atomic E-state index is 0.0340. The van der Waals surface area contributed by atoms with E-state index in [0.717, 1.165) is 22.6 Å². The quantitative estimate of drug-likeness (QED) is 0.439. The molecule has 3 aromatic carbocycles. The van der Waals surface area contributed by atoms with E-state index in [1.807, 2.05) is 59.5 Å². The summed E-state index contributed by atoms with van der Waals surface area (Å²) in [5.41, 5.74) is 2.70. The highest BCUT2D eigenvalue weighted by molar-refractivity contribution is 5.96. The van der Waals surface area contributed by atoms with Crippen molar-refractivity contribution in [3.05, 3.63) is 94.0 Å². The Morgan fingerprint density at radius 3 is 2.40 bits per heavy atom. The van der Waals surface area contributed by atoms with Crippen LogP contribution < -0.4 is 15.0 Å². The molecule has 30 heavy (non-hydrogen) atoms. The van der Waals surface area contributed by atoms with Crippen molar-refractivity contribution in [3.63, 3.8) is 0 Å². The van der Waals surface area contributed by atoms with Crippen LogP contribution in [0.5, 0.6) is 5.75 Å². The number of carbonyl (C=O) groups excluding carboxylic acids is 1. The first-order chi connectivity index (χ1) is 14.5. The van der Waals surface area contributed by atoms with Crippen molar-refractivity contribution in [2.75, 3.05) is 23.9 Å². The van der Waals surface area contributed by atoms with Crippen LogP contribution in [0.2, 0.25) is 0 Å². The van der Waals surface area contributed by atoms with E-state index in [4.69, 9.17) is 4.74 Å². The predicted molar refractivity (Wildman–Crippen MR) is 117 cm³/mol. The van der Waals surface area contributed by atoms with Crippen LogP contribution in [0.1, 0.15) is 11.1 Å². The Morgan fingerprint density at radius 2 is 1.77 bits per heavy atom. The maximum atomic E-state index is 12.8. The van der Waals surface area contributed by atoms with Crippen LogP contribution in [0.4, 0.5) is 17.1 Å². The highest BCUT2D eigenvalue weighted by Gasteiger charge is 2.18. The molecule has 7 nitrogen and oxygen atoms in total. The first-order valence-corrected chi connectivity index (χ1v) is 9.44. The van der Waals surface area contributed by atoms with Gasteiger partial charge in [0.05, 0.1) is 18.6 Å². The fraction of sp³-hybridized carbons (Fsp3) is 0.174. The van der Waals surface area contributed by atoms with Crippen molar-refractivity contribution in [2.24, 2.45) is 0 Å². The maximum absolute atomic E-state index is 12.8. The van der Waals surface area contributed by atoms with Gasteiger partial charge >= 0.3 is 0 Å². The van der Waals surface area contributed by atoms with Gasteiger partial charge in [0.15, 0.2) is 0 Å². The molecule has 0 aliphatic carbocycles. The summed E-state index contributed by atoms with van der Waals surface area (Å²) < 4.78 is 5.21. The van der Waals surface area contributed by atoms with Crippen LogP contribution >= 0.6 is 0 Å². The zero-order valence-electron chi connectivity index (χ0n) is 16.9. The highest BCUT2D eigenvalue weighted by Crippen LogP contribution is 2.26. The number of nitrogens with zero attached hydrogens (tertiary/aromatic N) is 2. The molecule has 0 aliphatic rings. The lowest BCUT2D eigenvalue weighted by atomic mass is 10.2. The molecular weight excluding hydrogens is 382 g/mol. The summed E-state index contributed by atoms with van der Waals surface area (Å²) in [5, 5.41) is 14.0. The van der Waals surface area contributed by atoms with E-state index in [-0.39, 0.29) is 23.8 Å². The van der Waals surface area contributed by atoms with Crippen LogP contribution in [0.25, 0.3) is 0 Å². The molecule has 0 fully saturated rings. The van der Waals surface area contributed by atoms with E-state index in [1.54, 1.807) is 26.2 Å². The summed E-state index contributed by atoms with van der Waals surface area (Å²) in [5.74, 6) is 0.381. The minimum Gasteiger partial charge on any atom is -0.497 e. The Labute approximate surface area is 175 Å². The number of ether oxygens (including phenoxy) is 1. The molecule has 154 valence electrons. The predicted octanol–water partition coefficient (Wildman–Crippen LogP) is 4.56. The average molecular weight is 405 g/mol. The molecule has 3 rings (SSSR count). The van der Waals surface area contributed by atoms with Crippen LogP contribution in [0.15, 0.2) is 72.8 Å². The molecule has 1 amide bonds. The van der Waals surface area contributed by atoms with Gasteiger partial charge in [0.25, 0.3) is 5.69 Å². The number of carbonyl (C=O) groups is 1.